The predicted molar refractivity (Wildman–Crippen MR) is 89.1 cm³/mol. The van der Waals surface area contributed by atoms with Gasteiger partial charge in [-0.15, -0.1) is 0 Å². The summed E-state index contributed by atoms with van der Waals surface area (Å²) >= 11 is 1.61. The summed E-state index contributed by atoms with van der Waals surface area (Å²) in [6, 6.07) is 0. The number of aromatic amines is 1. The molecule has 2 rings (SSSR count). The molecule has 5 heteroatoms. The van der Waals surface area contributed by atoms with Crippen LogP contribution in [0.2, 0.25) is 0 Å². The van der Waals surface area contributed by atoms with Crippen molar-refractivity contribution in [2.45, 2.75) is 38.6 Å². The smallest absolute Gasteiger partial charge is 0.181 e. The molecule has 1 N–H and O–H groups in total. The van der Waals surface area contributed by atoms with Crippen LogP contribution in [0.15, 0.2) is 52.5 Å². The van der Waals surface area contributed by atoms with Gasteiger partial charge in [0.05, 0.1) is 6.33 Å². The Morgan fingerprint density at radius 2 is 2.00 bits per heavy atom. The number of nitrogens with zero attached hydrogens (tertiary/aromatic N) is 3. The molecule has 0 spiro atoms. The molecule has 21 heavy (non-hydrogen) atoms. The summed E-state index contributed by atoms with van der Waals surface area (Å²) < 4.78 is 0. The first-order chi connectivity index (χ1) is 10.2. The van der Waals surface area contributed by atoms with Crippen LogP contribution in [0, 0.1) is 0 Å². The fourth-order valence-corrected chi connectivity index (χ4v) is 2.70. The number of thioether (sulfide) groups is 1. The van der Waals surface area contributed by atoms with Crippen LogP contribution in [-0.2, 0) is 0 Å². The maximum atomic E-state index is 4.30. The van der Waals surface area contributed by atoms with Gasteiger partial charge in [0, 0.05) is 0 Å². The van der Waals surface area contributed by atoms with Gasteiger partial charge in [-0.05, 0) is 25.2 Å². The number of hydrogen-bond acceptors (Lipinski definition) is 4. The minimum absolute atomic E-state index is 0.703. The van der Waals surface area contributed by atoms with Gasteiger partial charge in [0.1, 0.15) is 16.9 Å². The SMILES string of the molecule is CCC/C(C)=C/C=C\C=C(/C)Sc1ncnc2nc[nH]c12. The minimum Gasteiger partial charge on any atom is -0.341 e. The van der Waals surface area contributed by atoms with Crippen LogP contribution in [0.4, 0.5) is 0 Å². The number of aromatic nitrogens is 4. The predicted octanol–water partition coefficient (Wildman–Crippen LogP) is 4.65. The van der Waals surface area contributed by atoms with Crippen LogP contribution in [0.3, 0.4) is 0 Å². The molecule has 2 aromatic rings. The molecule has 0 saturated heterocycles. The summed E-state index contributed by atoms with van der Waals surface area (Å²) in [7, 11) is 0. The lowest BCUT2D eigenvalue weighted by atomic mass is 10.1. The van der Waals surface area contributed by atoms with Gasteiger partial charge in [-0.25, -0.2) is 15.0 Å². The van der Waals surface area contributed by atoms with Gasteiger partial charge in [-0.2, -0.15) is 0 Å². The van der Waals surface area contributed by atoms with Crippen LogP contribution in [0.5, 0.6) is 0 Å². The van der Waals surface area contributed by atoms with Crippen molar-refractivity contribution in [1.29, 1.82) is 0 Å². The van der Waals surface area contributed by atoms with Gasteiger partial charge >= 0.3 is 0 Å². The topological polar surface area (TPSA) is 54.5 Å². The lowest BCUT2D eigenvalue weighted by Crippen LogP contribution is -1.85. The average molecular weight is 300 g/mol. The van der Waals surface area contributed by atoms with E-state index < -0.39 is 0 Å². The largest absolute Gasteiger partial charge is 0.341 e. The second-order valence-electron chi connectivity index (χ2n) is 4.81. The second-order valence-corrected chi connectivity index (χ2v) is 6.04. The third kappa shape index (κ3) is 4.56. The van der Waals surface area contributed by atoms with Gasteiger partial charge in [0.15, 0.2) is 5.65 Å². The molecule has 2 aromatic heterocycles. The van der Waals surface area contributed by atoms with Crippen LogP contribution in [0.1, 0.15) is 33.6 Å². The molecule has 0 aliphatic heterocycles. The quantitative estimate of drug-likeness (QED) is 0.479. The van der Waals surface area contributed by atoms with E-state index >= 15 is 0 Å². The maximum Gasteiger partial charge on any atom is 0.181 e. The van der Waals surface area contributed by atoms with Crippen LogP contribution < -0.4 is 0 Å². The number of allylic oxidation sites excluding steroid dienone is 6. The molecule has 110 valence electrons. The van der Waals surface area contributed by atoms with Crippen molar-refractivity contribution in [3.05, 3.63) is 47.4 Å². The summed E-state index contributed by atoms with van der Waals surface area (Å²) in [6.07, 6.45) is 13.9. The molecule has 4 nitrogen and oxygen atoms in total. The van der Waals surface area contributed by atoms with E-state index in [-0.39, 0.29) is 0 Å². The van der Waals surface area contributed by atoms with E-state index in [0.717, 1.165) is 17.0 Å². The molecule has 0 bridgehead atoms. The zero-order chi connectivity index (χ0) is 15.1. The Labute approximate surface area is 129 Å². The minimum atomic E-state index is 0.703. The van der Waals surface area contributed by atoms with E-state index in [1.807, 2.05) is 0 Å². The molecule has 0 atom stereocenters. The highest BCUT2D eigenvalue weighted by Gasteiger charge is 2.06. The highest BCUT2D eigenvalue weighted by Crippen LogP contribution is 2.28. The fraction of sp³-hybridized carbons (Fsp3) is 0.312. The van der Waals surface area contributed by atoms with Gasteiger partial charge in [0.2, 0.25) is 0 Å². The van der Waals surface area contributed by atoms with E-state index in [4.69, 9.17) is 0 Å². The highest BCUT2D eigenvalue weighted by molar-refractivity contribution is 8.03. The number of rotatable bonds is 6. The summed E-state index contributed by atoms with van der Waals surface area (Å²) in [5.41, 5.74) is 2.99. The first-order valence-corrected chi connectivity index (χ1v) is 7.85. The van der Waals surface area contributed by atoms with Crippen molar-refractivity contribution in [2.75, 3.05) is 0 Å². The molecule has 0 radical (unpaired) electrons. The lowest BCUT2D eigenvalue weighted by molar-refractivity contribution is 0.906. The number of H-pyrrole nitrogens is 1. The lowest BCUT2D eigenvalue weighted by Gasteiger charge is -2.00. The molecule has 0 aromatic carbocycles. The molecular formula is C16H20N4S. The van der Waals surface area contributed by atoms with E-state index in [9.17, 15) is 0 Å². The van der Waals surface area contributed by atoms with Crippen LogP contribution in [0.25, 0.3) is 11.2 Å². The van der Waals surface area contributed by atoms with Crippen molar-refractivity contribution in [3.63, 3.8) is 0 Å². The molecule has 0 saturated carbocycles. The molecule has 2 heterocycles. The first-order valence-electron chi connectivity index (χ1n) is 7.03. The zero-order valence-corrected chi connectivity index (χ0v) is 13.4. The summed E-state index contributed by atoms with van der Waals surface area (Å²) in [5.74, 6) is 0. The average Bonchev–Trinajstić information content (AvgIpc) is 2.93. The monoisotopic (exact) mass is 300 g/mol. The van der Waals surface area contributed by atoms with E-state index in [0.29, 0.717) is 5.65 Å². The zero-order valence-electron chi connectivity index (χ0n) is 12.6. The Balaban J connectivity index is 2.02. The van der Waals surface area contributed by atoms with Crippen molar-refractivity contribution in [1.82, 2.24) is 19.9 Å². The number of fused-ring (bicyclic) bond motifs is 1. The van der Waals surface area contributed by atoms with E-state index in [2.05, 4.69) is 65.0 Å². The first kappa shape index (κ1) is 15.5. The molecule has 0 unspecified atom stereocenters. The normalized spacial score (nSPS) is 13.5. The molecule has 0 amide bonds. The Morgan fingerprint density at radius 3 is 2.81 bits per heavy atom. The summed E-state index contributed by atoms with van der Waals surface area (Å²) in [6.45, 7) is 6.43. The molecule has 0 aliphatic carbocycles. The van der Waals surface area contributed by atoms with Gasteiger partial charge in [-0.1, -0.05) is 55.0 Å². The van der Waals surface area contributed by atoms with Crippen molar-refractivity contribution in [2.24, 2.45) is 0 Å². The van der Waals surface area contributed by atoms with Crippen molar-refractivity contribution >= 4 is 22.9 Å². The van der Waals surface area contributed by atoms with Crippen LogP contribution in [-0.4, -0.2) is 19.9 Å². The molecular weight excluding hydrogens is 280 g/mol. The molecule has 0 fully saturated rings. The Bertz CT molecular complexity index is 682. The number of nitrogens with one attached hydrogen (secondary N) is 1. The van der Waals surface area contributed by atoms with Gasteiger partial charge in [0.25, 0.3) is 0 Å². The number of hydrogen-bond donors (Lipinski definition) is 1. The summed E-state index contributed by atoms with van der Waals surface area (Å²) in [4.78, 5) is 16.8. The third-order valence-electron chi connectivity index (χ3n) is 2.91. The van der Waals surface area contributed by atoms with Crippen LogP contribution >= 0.6 is 11.8 Å². The van der Waals surface area contributed by atoms with Gasteiger partial charge < -0.3 is 4.98 Å². The second kappa shape index (κ2) is 7.78. The molecule has 0 aliphatic rings. The number of imidazole rings is 1. The third-order valence-corrected chi connectivity index (χ3v) is 3.87. The Morgan fingerprint density at radius 1 is 1.19 bits per heavy atom. The van der Waals surface area contributed by atoms with Gasteiger partial charge in [-0.3, -0.25) is 0 Å². The highest BCUT2D eigenvalue weighted by atomic mass is 32.2. The van der Waals surface area contributed by atoms with Crippen molar-refractivity contribution < 1.29 is 0 Å². The van der Waals surface area contributed by atoms with Crippen molar-refractivity contribution in [3.8, 4) is 0 Å². The maximum absolute atomic E-state index is 4.30. The summed E-state index contributed by atoms with van der Waals surface area (Å²) in [5, 5.41) is 0.900. The standard InChI is InChI=1S/C16H20N4S/c1-4-7-12(2)8-5-6-9-13(3)21-16-14-15(18-10-17-14)19-11-20-16/h5-6,8-11H,4,7H2,1-3H3,(H,17,18,19,20)/b6-5-,12-8+,13-9+. The van der Waals surface area contributed by atoms with E-state index in [1.165, 1.54) is 16.9 Å². The fourth-order valence-electron chi connectivity index (χ4n) is 1.90. The Kier molecular flexibility index (Phi) is 5.75. The van der Waals surface area contributed by atoms with E-state index in [1.54, 1.807) is 24.4 Å². The Hall–Kier alpha value is -1.88.